The van der Waals surface area contributed by atoms with E-state index in [1.807, 2.05) is 18.4 Å². The molecule has 3 N–H and O–H groups in total. The summed E-state index contributed by atoms with van der Waals surface area (Å²) in [5.41, 5.74) is 0.721. The number of hydrogen-bond donors (Lipinski definition) is 3. The van der Waals surface area contributed by atoms with E-state index in [-0.39, 0.29) is 6.54 Å². The maximum Gasteiger partial charge on any atom is 0.313 e. The van der Waals surface area contributed by atoms with Crippen LogP contribution < -0.4 is 10.6 Å². The lowest BCUT2D eigenvalue weighted by Crippen LogP contribution is -2.44. The summed E-state index contributed by atoms with van der Waals surface area (Å²) in [5, 5.41) is 15.1. The largest absolute Gasteiger partial charge is 0.388 e. The molecule has 23 heavy (non-hydrogen) atoms. The number of carbonyl (C=O) groups is 2. The molecule has 0 saturated heterocycles. The van der Waals surface area contributed by atoms with E-state index in [1.165, 1.54) is 0 Å². The Kier molecular flexibility index (Phi) is 7.58. The molecule has 1 aromatic carbocycles. The first-order valence-electron chi connectivity index (χ1n) is 7.65. The third-order valence-corrected chi connectivity index (χ3v) is 4.13. The second kappa shape index (κ2) is 8.93. The van der Waals surface area contributed by atoms with Gasteiger partial charge in [0.1, 0.15) is 0 Å². The van der Waals surface area contributed by atoms with Crippen molar-refractivity contribution >= 4 is 29.3 Å². The van der Waals surface area contributed by atoms with Crippen LogP contribution in [0.15, 0.2) is 24.3 Å². The van der Waals surface area contributed by atoms with Crippen molar-refractivity contribution in [2.45, 2.75) is 38.7 Å². The van der Waals surface area contributed by atoms with Gasteiger partial charge in [0, 0.05) is 12.2 Å². The van der Waals surface area contributed by atoms with Crippen LogP contribution in [-0.4, -0.2) is 41.1 Å². The molecule has 1 atom stereocenters. The second-order valence-electron chi connectivity index (χ2n) is 6.15. The Labute approximate surface area is 142 Å². The number of anilines is 1. The minimum absolute atomic E-state index is 0.0477. The summed E-state index contributed by atoms with van der Waals surface area (Å²) in [6.07, 6.45) is 2.50. The summed E-state index contributed by atoms with van der Waals surface area (Å²) in [5.74, 6) is -0.283. The van der Waals surface area contributed by atoms with E-state index in [2.05, 4.69) is 24.5 Å². The highest BCUT2D eigenvalue weighted by Crippen LogP contribution is 2.17. The molecule has 128 valence electrons. The van der Waals surface area contributed by atoms with E-state index < -0.39 is 17.4 Å². The average Bonchev–Trinajstić information content (AvgIpc) is 2.51. The van der Waals surface area contributed by atoms with Gasteiger partial charge in [0.05, 0.1) is 5.60 Å². The van der Waals surface area contributed by atoms with E-state index in [4.69, 9.17) is 0 Å². The third kappa shape index (κ3) is 7.05. The zero-order chi connectivity index (χ0) is 17.5. The van der Waals surface area contributed by atoms with Gasteiger partial charge in [0.2, 0.25) is 0 Å². The molecule has 0 heterocycles. The minimum Gasteiger partial charge on any atom is -0.388 e. The lowest BCUT2D eigenvalue weighted by Gasteiger charge is -2.23. The van der Waals surface area contributed by atoms with E-state index >= 15 is 0 Å². The van der Waals surface area contributed by atoms with Crippen molar-refractivity contribution in [2.75, 3.05) is 23.9 Å². The van der Waals surface area contributed by atoms with E-state index in [0.29, 0.717) is 18.0 Å². The first kappa shape index (κ1) is 19.5. The molecule has 1 unspecified atom stereocenters. The number of nitrogens with one attached hydrogen (secondary N) is 2. The van der Waals surface area contributed by atoms with Crippen LogP contribution in [0, 0.1) is 0 Å². The summed E-state index contributed by atoms with van der Waals surface area (Å²) in [4.78, 5) is 23.7. The molecule has 0 aliphatic carbocycles. The van der Waals surface area contributed by atoms with Gasteiger partial charge < -0.3 is 15.7 Å². The lowest BCUT2D eigenvalue weighted by molar-refractivity contribution is -0.136. The third-order valence-electron chi connectivity index (χ3n) is 3.52. The Hall–Kier alpha value is -1.53. The van der Waals surface area contributed by atoms with Crippen molar-refractivity contribution in [1.29, 1.82) is 0 Å². The molecule has 5 nitrogen and oxygen atoms in total. The number of benzene rings is 1. The Balaban J connectivity index is 2.49. The Morgan fingerprint density at radius 2 is 1.83 bits per heavy atom. The van der Waals surface area contributed by atoms with Gasteiger partial charge >= 0.3 is 11.8 Å². The van der Waals surface area contributed by atoms with Gasteiger partial charge in [-0.05, 0) is 49.0 Å². The fourth-order valence-corrected chi connectivity index (χ4v) is 2.54. The minimum atomic E-state index is -1.02. The van der Waals surface area contributed by atoms with E-state index in [9.17, 15) is 14.7 Å². The number of carbonyl (C=O) groups excluding carboxylic acids is 2. The molecule has 0 aliphatic rings. The van der Waals surface area contributed by atoms with Crippen molar-refractivity contribution in [1.82, 2.24) is 5.32 Å². The molecule has 2 amide bonds. The molecule has 6 heteroatoms. The van der Waals surface area contributed by atoms with Crippen LogP contribution in [0.1, 0.15) is 38.7 Å². The van der Waals surface area contributed by atoms with Crippen LogP contribution in [0.4, 0.5) is 5.69 Å². The molecule has 0 aliphatic heterocycles. The SMILES string of the molecule is CSCCC(C)(O)CNC(=O)C(=O)Nc1ccc(C(C)C)cc1. The molecule has 1 aromatic rings. The zero-order valence-corrected chi connectivity index (χ0v) is 15.0. The second-order valence-corrected chi connectivity index (χ2v) is 7.14. The van der Waals surface area contributed by atoms with Crippen LogP contribution in [0.3, 0.4) is 0 Å². The number of thioether (sulfide) groups is 1. The highest BCUT2D eigenvalue weighted by molar-refractivity contribution is 7.98. The predicted octanol–water partition coefficient (Wildman–Crippen LogP) is 2.37. The van der Waals surface area contributed by atoms with Crippen LogP contribution in [0.25, 0.3) is 0 Å². The van der Waals surface area contributed by atoms with Gasteiger partial charge in [-0.3, -0.25) is 9.59 Å². The molecule has 1 rings (SSSR count). The zero-order valence-electron chi connectivity index (χ0n) is 14.2. The summed E-state index contributed by atoms with van der Waals surface area (Å²) in [6.45, 7) is 5.87. The van der Waals surface area contributed by atoms with Crippen molar-refractivity contribution in [3.63, 3.8) is 0 Å². The quantitative estimate of drug-likeness (QED) is 0.667. The summed E-state index contributed by atoms with van der Waals surface area (Å²) >= 11 is 1.62. The van der Waals surface area contributed by atoms with E-state index in [1.54, 1.807) is 30.8 Å². The predicted molar refractivity (Wildman–Crippen MR) is 95.8 cm³/mol. The van der Waals surface area contributed by atoms with Crippen molar-refractivity contribution in [3.05, 3.63) is 29.8 Å². The van der Waals surface area contributed by atoms with Crippen molar-refractivity contribution in [2.24, 2.45) is 0 Å². The highest BCUT2D eigenvalue weighted by Gasteiger charge is 2.22. The van der Waals surface area contributed by atoms with Gasteiger partial charge in [-0.15, -0.1) is 0 Å². The molecule has 0 radical (unpaired) electrons. The molecule has 0 aromatic heterocycles. The van der Waals surface area contributed by atoms with Crippen LogP contribution >= 0.6 is 11.8 Å². The fourth-order valence-electron chi connectivity index (χ4n) is 1.90. The van der Waals surface area contributed by atoms with Crippen molar-refractivity contribution in [3.8, 4) is 0 Å². The van der Waals surface area contributed by atoms with Gasteiger partial charge in [-0.2, -0.15) is 11.8 Å². The van der Waals surface area contributed by atoms with Crippen molar-refractivity contribution < 1.29 is 14.7 Å². The number of amides is 2. The smallest absolute Gasteiger partial charge is 0.313 e. The number of rotatable bonds is 7. The van der Waals surface area contributed by atoms with E-state index in [0.717, 1.165) is 11.3 Å². The summed E-state index contributed by atoms with van der Waals surface area (Å²) in [6, 6.07) is 7.39. The van der Waals surface area contributed by atoms with Gasteiger partial charge in [-0.25, -0.2) is 0 Å². The Bertz CT molecular complexity index is 527. The Morgan fingerprint density at radius 1 is 1.22 bits per heavy atom. The molecule has 0 fully saturated rings. The van der Waals surface area contributed by atoms with Crippen LogP contribution in [0.2, 0.25) is 0 Å². The maximum absolute atomic E-state index is 11.9. The molecule has 0 spiro atoms. The van der Waals surface area contributed by atoms with Crippen LogP contribution in [0.5, 0.6) is 0 Å². The Morgan fingerprint density at radius 3 is 2.35 bits per heavy atom. The molecule has 0 bridgehead atoms. The lowest BCUT2D eigenvalue weighted by atomic mass is 10.0. The van der Waals surface area contributed by atoms with Crippen LogP contribution in [-0.2, 0) is 9.59 Å². The van der Waals surface area contributed by atoms with Gasteiger partial charge in [-0.1, -0.05) is 26.0 Å². The maximum atomic E-state index is 11.9. The van der Waals surface area contributed by atoms with Gasteiger partial charge in [0.25, 0.3) is 0 Å². The molecule has 0 saturated carbocycles. The summed E-state index contributed by atoms with van der Waals surface area (Å²) < 4.78 is 0. The standard InChI is InChI=1S/C17H26N2O3S/c1-12(2)13-5-7-14(8-6-13)19-16(21)15(20)18-11-17(3,22)9-10-23-4/h5-8,12,22H,9-11H2,1-4H3,(H,18,20)(H,19,21). The summed E-state index contributed by atoms with van der Waals surface area (Å²) in [7, 11) is 0. The normalized spacial score (nSPS) is 13.5. The first-order valence-corrected chi connectivity index (χ1v) is 9.05. The number of hydrogen-bond acceptors (Lipinski definition) is 4. The first-order chi connectivity index (χ1) is 10.7. The monoisotopic (exact) mass is 338 g/mol. The highest BCUT2D eigenvalue weighted by atomic mass is 32.2. The average molecular weight is 338 g/mol. The molecular formula is C17H26N2O3S. The van der Waals surface area contributed by atoms with Gasteiger partial charge in [0.15, 0.2) is 0 Å². The fraction of sp³-hybridized carbons (Fsp3) is 0.529. The number of aliphatic hydroxyl groups is 1. The topological polar surface area (TPSA) is 78.4 Å². The molecular weight excluding hydrogens is 312 g/mol.